The molecule has 0 aliphatic carbocycles. The molecule has 1 fully saturated rings. The van der Waals surface area contributed by atoms with Gasteiger partial charge < -0.3 is 19.5 Å². The monoisotopic (exact) mass is 480 g/mol. The van der Waals surface area contributed by atoms with Crippen LogP contribution in [0.15, 0.2) is 41.3 Å². The Balaban J connectivity index is 1.57. The summed E-state index contributed by atoms with van der Waals surface area (Å²) in [5.74, 6) is 0.709. The van der Waals surface area contributed by atoms with Crippen LogP contribution in [-0.4, -0.2) is 57.1 Å². The van der Waals surface area contributed by atoms with Crippen LogP contribution >= 0.6 is 11.6 Å². The number of nitrogens with one attached hydrogen (secondary N) is 1. The molecule has 1 saturated heterocycles. The maximum absolute atomic E-state index is 13.2. The summed E-state index contributed by atoms with van der Waals surface area (Å²) < 4.78 is 44.7. The van der Waals surface area contributed by atoms with E-state index < -0.39 is 15.9 Å². The molecule has 2 aliphatic heterocycles. The summed E-state index contributed by atoms with van der Waals surface area (Å²) in [4.78, 5) is 12.8. The first kappa shape index (κ1) is 22.8. The number of rotatable bonds is 4. The Morgan fingerprint density at radius 2 is 1.72 bits per heavy atom. The summed E-state index contributed by atoms with van der Waals surface area (Å²) in [5.41, 5.74) is 0.684. The van der Waals surface area contributed by atoms with Crippen LogP contribution in [-0.2, 0) is 14.8 Å². The van der Waals surface area contributed by atoms with Crippen molar-refractivity contribution in [2.24, 2.45) is 0 Å². The first-order valence-corrected chi connectivity index (χ1v) is 12.2. The highest BCUT2D eigenvalue weighted by Gasteiger charge is 2.34. The van der Waals surface area contributed by atoms with Gasteiger partial charge in [0.25, 0.3) is 5.91 Å². The topological polar surface area (TPSA) is 94.2 Å². The third kappa shape index (κ3) is 4.85. The summed E-state index contributed by atoms with van der Waals surface area (Å²) >= 11 is 6.23. The Labute approximate surface area is 192 Å². The summed E-state index contributed by atoms with van der Waals surface area (Å²) in [6.45, 7) is 5.17. The molecule has 0 spiro atoms. The highest BCUT2D eigenvalue weighted by Crippen LogP contribution is 2.33. The molecule has 0 aromatic heterocycles. The lowest BCUT2D eigenvalue weighted by atomic mass is 10.2. The number of benzene rings is 2. The quantitative estimate of drug-likeness (QED) is 0.719. The Hall–Kier alpha value is -2.33. The predicted octanol–water partition coefficient (Wildman–Crippen LogP) is 3.55. The van der Waals surface area contributed by atoms with E-state index in [9.17, 15) is 13.2 Å². The van der Waals surface area contributed by atoms with Crippen molar-refractivity contribution >= 4 is 33.2 Å². The summed E-state index contributed by atoms with van der Waals surface area (Å²) in [5, 5.41) is 2.83. The lowest BCUT2D eigenvalue weighted by Crippen LogP contribution is -2.48. The number of hydrogen-bond acceptors (Lipinski definition) is 6. The molecule has 2 aromatic rings. The van der Waals surface area contributed by atoms with Crippen LogP contribution in [0.4, 0.5) is 5.69 Å². The molecule has 4 rings (SSSR count). The number of anilines is 1. The fourth-order valence-electron chi connectivity index (χ4n) is 3.75. The maximum Gasteiger partial charge on any atom is 0.255 e. The molecule has 1 N–H and O–H groups in total. The predicted molar refractivity (Wildman–Crippen MR) is 120 cm³/mol. The smallest absolute Gasteiger partial charge is 0.255 e. The van der Waals surface area contributed by atoms with Gasteiger partial charge in [-0.25, -0.2) is 8.42 Å². The van der Waals surface area contributed by atoms with Gasteiger partial charge in [-0.3, -0.25) is 4.79 Å². The highest BCUT2D eigenvalue weighted by molar-refractivity contribution is 7.89. The number of sulfonamides is 1. The van der Waals surface area contributed by atoms with Gasteiger partial charge in [-0.15, -0.1) is 0 Å². The standard InChI is InChI=1S/C22H25ClN2O6S/c1-14-12-25(13-15(2)31-14)32(27,28)21-10-16(4-6-18(21)23)22(26)24-17-5-7-19-20(11-17)30-9-3-8-29-19/h4-7,10-11,14-15H,3,8-9,12-13H2,1-2H3,(H,24,26)/t14-,15-/m0/s1. The largest absolute Gasteiger partial charge is 0.490 e. The number of ether oxygens (including phenoxy) is 3. The van der Waals surface area contributed by atoms with Gasteiger partial charge in [0.05, 0.1) is 30.4 Å². The van der Waals surface area contributed by atoms with Gasteiger partial charge in [0.1, 0.15) is 4.90 Å². The van der Waals surface area contributed by atoms with Crippen LogP contribution in [0.2, 0.25) is 5.02 Å². The number of halogens is 1. The van der Waals surface area contributed by atoms with Gasteiger partial charge in [-0.1, -0.05) is 11.6 Å². The summed E-state index contributed by atoms with van der Waals surface area (Å²) in [6, 6.07) is 9.34. The fraction of sp³-hybridized carbons (Fsp3) is 0.409. The number of amides is 1. The highest BCUT2D eigenvalue weighted by atomic mass is 35.5. The number of nitrogens with zero attached hydrogens (tertiary/aromatic N) is 1. The van der Waals surface area contributed by atoms with Crippen molar-refractivity contribution in [2.45, 2.75) is 37.4 Å². The lowest BCUT2D eigenvalue weighted by Gasteiger charge is -2.34. The average molecular weight is 481 g/mol. The van der Waals surface area contributed by atoms with Crippen molar-refractivity contribution in [2.75, 3.05) is 31.6 Å². The molecule has 0 radical (unpaired) electrons. The third-order valence-electron chi connectivity index (χ3n) is 5.20. The van der Waals surface area contributed by atoms with E-state index >= 15 is 0 Å². The second kappa shape index (κ2) is 9.27. The third-order valence-corrected chi connectivity index (χ3v) is 7.52. The first-order chi connectivity index (χ1) is 15.2. The Bertz CT molecular complexity index is 1110. The van der Waals surface area contributed by atoms with Crippen LogP contribution in [0.3, 0.4) is 0 Å². The van der Waals surface area contributed by atoms with E-state index in [4.69, 9.17) is 25.8 Å². The number of carbonyl (C=O) groups is 1. The zero-order valence-corrected chi connectivity index (χ0v) is 19.4. The van der Waals surface area contributed by atoms with E-state index in [-0.39, 0.29) is 40.8 Å². The zero-order valence-electron chi connectivity index (χ0n) is 17.8. The van der Waals surface area contributed by atoms with Crippen molar-refractivity contribution < 1.29 is 27.4 Å². The van der Waals surface area contributed by atoms with Crippen molar-refractivity contribution in [1.82, 2.24) is 4.31 Å². The molecule has 2 heterocycles. The van der Waals surface area contributed by atoms with Gasteiger partial charge in [-0.2, -0.15) is 4.31 Å². The van der Waals surface area contributed by atoms with Crippen molar-refractivity contribution in [3.63, 3.8) is 0 Å². The molecule has 2 aromatic carbocycles. The Morgan fingerprint density at radius 3 is 2.44 bits per heavy atom. The molecule has 0 unspecified atom stereocenters. The van der Waals surface area contributed by atoms with E-state index in [1.807, 2.05) is 13.8 Å². The average Bonchev–Trinajstić information content (AvgIpc) is 2.98. The number of morpholine rings is 1. The van der Waals surface area contributed by atoms with E-state index in [1.165, 1.54) is 22.5 Å². The van der Waals surface area contributed by atoms with E-state index in [1.54, 1.807) is 18.2 Å². The Morgan fingerprint density at radius 1 is 1.03 bits per heavy atom. The minimum absolute atomic E-state index is 0.0592. The fourth-order valence-corrected chi connectivity index (χ4v) is 5.84. The van der Waals surface area contributed by atoms with E-state index in [0.29, 0.717) is 30.4 Å². The molecular formula is C22H25ClN2O6S. The van der Waals surface area contributed by atoms with Crippen molar-refractivity contribution in [3.8, 4) is 11.5 Å². The maximum atomic E-state index is 13.2. The minimum atomic E-state index is -3.90. The van der Waals surface area contributed by atoms with E-state index in [2.05, 4.69) is 5.32 Å². The second-order valence-corrected chi connectivity index (χ2v) is 10.2. The summed E-state index contributed by atoms with van der Waals surface area (Å²) in [7, 11) is -3.90. The van der Waals surface area contributed by atoms with Crippen LogP contribution in [0.1, 0.15) is 30.6 Å². The molecule has 0 saturated carbocycles. The first-order valence-electron chi connectivity index (χ1n) is 10.4. The Kier molecular flexibility index (Phi) is 6.62. The SMILES string of the molecule is C[C@H]1CN(S(=O)(=O)c2cc(C(=O)Nc3ccc4c(c3)OCCCO4)ccc2Cl)C[C@H](C)O1. The molecular weight excluding hydrogens is 456 g/mol. The minimum Gasteiger partial charge on any atom is -0.490 e. The number of fused-ring (bicyclic) bond motifs is 1. The van der Waals surface area contributed by atoms with Gasteiger partial charge in [0.15, 0.2) is 11.5 Å². The molecule has 32 heavy (non-hydrogen) atoms. The van der Waals surface area contributed by atoms with Crippen LogP contribution in [0.25, 0.3) is 0 Å². The normalized spacial score (nSPS) is 21.6. The summed E-state index contributed by atoms with van der Waals surface area (Å²) in [6.07, 6.45) is 0.301. The van der Waals surface area contributed by atoms with Gasteiger partial charge in [0, 0.05) is 36.8 Å². The second-order valence-electron chi connectivity index (χ2n) is 7.89. The molecule has 2 atom stereocenters. The number of hydrogen-bond donors (Lipinski definition) is 1. The van der Waals surface area contributed by atoms with Crippen LogP contribution in [0, 0.1) is 0 Å². The van der Waals surface area contributed by atoms with Crippen LogP contribution < -0.4 is 14.8 Å². The molecule has 10 heteroatoms. The molecule has 172 valence electrons. The van der Waals surface area contributed by atoms with Gasteiger partial charge >= 0.3 is 0 Å². The molecule has 2 aliphatic rings. The molecule has 1 amide bonds. The van der Waals surface area contributed by atoms with Gasteiger partial charge in [0.2, 0.25) is 10.0 Å². The van der Waals surface area contributed by atoms with Crippen molar-refractivity contribution in [3.05, 3.63) is 47.0 Å². The zero-order chi connectivity index (χ0) is 22.9. The van der Waals surface area contributed by atoms with Gasteiger partial charge in [-0.05, 0) is 44.2 Å². The van der Waals surface area contributed by atoms with Crippen molar-refractivity contribution in [1.29, 1.82) is 0 Å². The molecule has 8 nitrogen and oxygen atoms in total. The number of carbonyl (C=O) groups excluding carboxylic acids is 1. The van der Waals surface area contributed by atoms with E-state index in [0.717, 1.165) is 6.42 Å². The van der Waals surface area contributed by atoms with Crippen LogP contribution in [0.5, 0.6) is 11.5 Å². The lowest BCUT2D eigenvalue weighted by molar-refractivity contribution is -0.0440. The molecule has 0 bridgehead atoms.